The maximum Gasteiger partial charge on any atom is 0.303 e. The lowest BCUT2D eigenvalue weighted by atomic mass is 10.2. The Labute approximate surface area is 106 Å². The number of hydrogen-bond acceptors (Lipinski definition) is 3. The Bertz CT molecular complexity index is 391. The number of carboxylic acid groups (broad SMARTS) is 1. The van der Waals surface area contributed by atoms with Gasteiger partial charge in [0, 0.05) is 6.42 Å². The van der Waals surface area contributed by atoms with E-state index < -0.39 is 5.97 Å². The molecule has 1 aromatic rings. The molecule has 0 aliphatic rings. The average Bonchev–Trinajstić information content (AvgIpc) is 2.36. The predicted molar refractivity (Wildman–Crippen MR) is 65.5 cm³/mol. The molecule has 5 nitrogen and oxygen atoms in total. The van der Waals surface area contributed by atoms with Crippen LogP contribution in [0.3, 0.4) is 0 Å². The van der Waals surface area contributed by atoms with Gasteiger partial charge in [-0.15, -0.1) is 0 Å². The van der Waals surface area contributed by atoms with Crippen LogP contribution in [0, 0.1) is 0 Å². The fraction of sp³-hybridized carbons (Fsp3) is 0.385. The number of carboxylic acids is 1. The average molecular weight is 251 g/mol. The van der Waals surface area contributed by atoms with E-state index in [9.17, 15) is 9.59 Å². The third kappa shape index (κ3) is 4.97. The fourth-order valence-electron chi connectivity index (χ4n) is 1.45. The van der Waals surface area contributed by atoms with Gasteiger partial charge in [-0.2, -0.15) is 0 Å². The molecule has 0 fully saturated rings. The van der Waals surface area contributed by atoms with E-state index in [1.165, 1.54) is 5.06 Å². The number of hydrogen-bond donors (Lipinski definition) is 1. The van der Waals surface area contributed by atoms with Crippen LogP contribution in [0.2, 0.25) is 0 Å². The number of hydroxylamine groups is 2. The van der Waals surface area contributed by atoms with Crippen molar-refractivity contribution in [1.82, 2.24) is 5.06 Å². The van der Waals surface area contributed by atoms with Crippen LogP contribution in [0.4, 0.5) is 0 Å². The second-order valence-corrected chi connectivity index (χ2v) is 3.73. The van der Waals surface area contributed by atoms with Gasteiger partial charge in [0.15, 0.2) is 0 Å². The van der Waals surface area contributed by atoms with Gasteiger partial charge in [-0.05, 0) is 12.5 Å². The zero-order chi connectivity index (χ0) is 13.4. The van der Waals surface area contributed by atoms with Crippen LogP contribution >= 0.6 is 0 Å². The molecule has 0 aromatic heterocycles. The van der Waals surface area contributed by atoms with E-state index in [2.05, 4.69) is 0 Å². The van der Waals surface area contributed by atoms with Gasteiger partial charge in [-0.25, -0.2) is 5.06 Å². The Balaban J connectivity index is 2.58. The van der Waals surface area contributed by atoms with E-state index in [1.807, 2.05) is 30.3 Å². The lowest BCUT2D eigenvalue weighted by molar-refractivity contribution is -0.189. The summed E-state index contributed by atoms with van der Waals surface area (Å²) in [5.74, 6) is -1.30. The summed E-state index contributed by atoms with van der Waals surface area (Å²) in [6.45, 7) is 2.47. The van der Waals surface area contributed by atoms with Crippen LogP contribution in [-0.4, -0.2) is 28.7 Å². The van der Waals surface area contributed by atoms with Crippen molar-refractivity contribution in [1.29, 1.82) is 0 Å². The summed E-state index contributed by atoms with van der Waals surface area (Å²) in [5, 5.41) is 9.77. The Morgan fingerprint density at radius 1 is 1.22 bits per heavy atom. The second-order valence-electron chi connectivity index (χ2n) is 3.73. The van der Waals surface area contributed by atoms with Crippen molar-refractivity contribution in [2.75, 3.05) is 6.61 Å². The highest BCUT2D eigenvalue weighted by Gasteiger charge is 2.15. The van der Waals surface area contributed by atoms with Gasteiger partial charge in [0.05, 0.1) is 19.6 Å². The molecule has 5 heteroatoms. The molecular weight excluding hydrogens is 234 g/mol. The molecule has 0 radical (unpaired) electrons. The number of aliphatic carboxylic acids is 1. The minimum absolute atomic E-state index is 0.0534. The van der Waals surface area contributed by atoms with Crippen molar-refractivity contribution in [3.63, 3.8) is 0 Å². The molecule has 0 heterocycles. The smallest absolute Gasteiger partial charge is 0.303 e. The first-order valence-electron chi connectivity index (χ1n) is 5.82. The summed E-state index contributed by atoms with van der Waals surface area (Å²) in [6, 6.07) is 9.41. The maximum atomic E-state index is 11.8. The number of nitrogens with zero attached hydrogens (tertiary/aromatic N) is 1. The van der Waals surface area contributed by atoms with E-state index in [1.54, 1.807) is 6.92 Å². The number of amides is 1. The second kappa shape index (κ2) is 7.45. The molecule has 1 aromatic carbocycles. The Morgan fingerprint density at radius 2 is 1.89 bits per heavy atom. The number of rotatable bonds is 7. The summed E-state index contributed by atoms with van der Waals surface area (Å²) in [4.78, 5) is 27.4. The summed E-state index contributed by atoms with van der Waals surface area (Å²) >= 11 is 0. The monoisotopic (exact) mass is 251 g/mol. The first-order valence-corrected chi connectivity index (χ1v) is 5.82. The van der Waals surface area contributed by atoms with Crippen molar-refractivity contribution >= 4 is 11.9 Å². The highest BCUT2D eigenvalue weighted by Crippen LogP contribution is 2.07. The van der Waals surface area contributed by atoms with Crippen molar-refractivity contribution in [2.45, 2.75) is 26.3 Å². The Hall–Kier alpha value is -1.88. The summed E-state index contributed by atoms with van der Waals surface area (Å²) < 4.78 is 0. The third-order valence-corrected chi connectivity index (χ3v) is 2.28. The van der Waals surface area contributed by atoms with E-state index in [0.717, 1.165) is 5.56 Å². The minimum atomic E-state index is -0.987. The zero-order valence-electron chi connectivity index (χ0n) is 10.3. The minimum Gasteiger partial charge on any atom is -0.481 e. The van der Waals surface area contributed by atoms with Crippen LogP contribution in [0.5, 0.6) is 0 Å². The predicted octanol–water partition coefficient (Wildman–Crippen LogP) is 1.83. The lowest BCUT2D eigenvalue weighted by Gasteiger charge is -2.21. The van der Waals surface area contributed by atoms with Gasteiger partial charge >= 0.3 is 5.97 Å². The fourth-order valence-corrected chi connectivity index (χ4v) is 1.45. The van der Waals surface area contributed by atoms with E-state index in [4.69, 9.17) is 9.94 Å². The molecule has 1 rings (SSSR count). The summed E-state index contributed by atoms with van der Waals surface area (Å²) in [6.07, 6.45) is -0.237. The number of benzene rings is 1. The van der Waals surface area contributed by atoms with Crippen molar-refractivity contribution < 1.29 is 19.5 Å². The normalized spacial score (nSPS) is 10.1. The first kappa shape index (κ1) is 14.2. The van der Waals surface area contributed by atoms with Crippen LogP contribution in [-0.2, 0) is 21.0 Å². The molecule has 0 atom stereocenters. The van der Waals surface area contributed by atoms with Gasteiger partial charge in [0.25, 0.3) is 0 Å². The summed E-state index contributed by atoms with van der Waals surface area (Å²) in [5.41, 5.74) is 0.939. The lowest BCUT2D eigenvalue weighted by Crippen LogP contribution is -2.31. The molecule has 1 amide bonds. The molecule has 0 saturated heterocycles. The highest BCUT2D eigenvalue weighted by molar-refractivity contribution is 5.79. The SMILES string of the molecule is CCON(Cc1ccccc1)C(=O)CCC(=O)O. The van der Waals surface area contributed by atoms with E-state index in [0.29, 0.717) is 13.2 Å². The third-order valence-electron chi connectivity index (χ3n) is 2.28. The molecule has 0 aliphatic heterocycles. The molecule has 0 unspecified atom stereocenters. The molecule has 98 valence electrons. The van der Waals surface area contributed by atoms with Gasteiger partial charge in [0.1, 0.15) is 0 Å². The number of carbonyl (C=O) groups excluding carboxylic acids is 1. The first-order chi connectivity index (χ1) is 8.63. The van der Waals surface area contributed by atoms with Gasteiger partial charge in [-0.3, -0.25) is 14.4 Å². The zero-order valence-corrected chi connectivity index (χ0v) is 10.3. The number of carbonyl (C=O) groups is 2. The van der Waals surface area contributed by atoms with Crippen molar-refractivity contribution in [3.8, 4) is 0 Å². The van der Waals surface area contributed by atoms with Crippen molar-refractivity contribution in [2.24, 2.45) is 0 Å². The largest absolute Gasteiger partial charge is 0.481 e. The van der Waals surface area contributed by atoms with E-state index in [-0.39, 0.29) is 18.7 Å². The Morgan fingerprint density at radius 3 is 2.44 bits per heavy atom. The Kier molecular flexibility index (Phi) is 5.87. The van der Waals surface area contributed by atoms with E-state index >= 15 is 0 Å². The molecule has 0 spiro atoms. The molecular formula is C13H17NO4. The van der Waals surface area contributed by atoms with Crippen LogP contribution in [0.15, 0.2) is 30.3 Å². The van der Waals surface area contributed by atoms with Gasteiger partial charge in [0.2, 0.25) is 5.91 Å². The van der Waals surface area contributed by atoms with Gasteiger partial charge in [-0.1, -0.05) is 30.3 Å². The van der Waals surface area contributed by atoms with Crippen LogP contribution in [0.1, 0.15) is 25.3 Å². The topological polar surface area (TPSA) is 66.8 Å². The molecule has 0 aliphatic carbocycles. The van der Waals surface area contributed by atoms with Crippen LogP contribution in [0.25, 0.3) is 0 Å². The summed E-state index contributed by atoms with van der Waals surface area (Å²) in [7, 11) is 0. The standard InChI is InChI=1S/C13H17NO4/c1-2-18-14(12(15)8-9-13(16)17)10-11-6-4-3-5-7-11/h3-7H,2,8-10H2,1H3,(H,16,17). The highest BCUT2D eigenvalue weighted by atomic mass is 16.7. The van der Waals surface area contributed by atoms with Crippen LogP contribution < -0.4 is 0 Å². The quantitative estimate of drug-likeness (QED) is 0.751. The maximum absolute atomic E-state index is 11.8. The molecule has 0 bridgehead atoms. The van der Waals surface area contributed by atoms with Crippen molar-refractivity contribution in [3.05, 3.63) is 35.9 Å². The molecule has 1 N–H and O–H groups in total. The molecule has 18 heavy (non-hydrogen) atoms. The molecule has 0 saturated carbocycles. The van der Waals surface area contributed by atoms with Gasteiger partial charge < -0.3 is 5.11 Å².